The van der Waals surface area contributed by atoms with E-state index in [1.807, 2.05) is 6.07 Å². The average Bonchev–Trinajstić information content (AvgIpc) is 2.37. The molecule has 3 nitrogen and oxygen atoms in total. The fourth-order valence-electron chi connectivity index (χ4n) is 1.69. The van der Waals surface area contributed by atoms with Crippen LogP contribution in [0.2, 0.25) is 0 Å². The van der Waals surface area contributed by atoms with Gasteiger partial charge in [-0.15, -0.1) is 0 Å². The fourth-order valence-corrected chi connectivity index (χ4v) is 1.69. The third-order valence-corrected chi connectivity index (χ3v) is 2.66. The summed E-state index contributed by atoms with van der Waals surface area (Å²) >= 11 is 0. The molecule has 0 atom stereocenters. The van der Waals surface area contributed by atoms with Crippen molar-refractivity contribution in [2.24, 2.45) is 0 Å². The number of phenolic OH excluding ortho intramolecular Hbond substituents is 1. The monoisotopic (exact) mass is 242 g/mol. The number of hydrogen-bond acceptors (Lipinski definition) is 3. The van der Waals surface area contributed by atoms with Crippen LogP contribution in [0.5, 0.6) is 5.75 Å². The number of anilines is 2. The third-order valence-electron chi connectivity index (χ3n) is 2.66. The predicted molar refractivity (Wildman–Crippen MR) is 67.3 cm³/mol. The maximum atomic E-state index is 13.8. The standard InChI is InChI=1S/C14H11FN2O/c1-17(11-3-2-4-12(18)8-11)14-6-5-10(9-16)7-13(14)15/h2-8,18H,1H3. The molecule has 90 valence electrons. The number of benzene rings is 2. The molecular formula is C14H11FN2O. The predicted octanol–water partition coefficient (Wildman–Crippen LogP) is 3.17. The van der Waals surface area contributed by atoms with Gasteiger partial charge in [-0.3, -0.25) is 0 Å². The van der Waals surface area contributed by atoms with E-state index in [0.717, 1.165) is 0 Å². The molecular weight excluding hydrogens is 231 g/mol. The first-order valence-electron chi connectivity index (χ1n) is 5.34. The van der Waals surface area contributed by atoms with Crippen molar-refractivity contribution in [3.8, 4) is 11.8 Å². The molecule has 2 aromatic rings. The average molecular weight is 242 g/mol. The highest BCUT2D eigenvalue weighted by molar-refractivity contribution is 5.64. The Morgan fingerprint density at radius 2 is 2.00 bits per heavy atom. The molecule has 0 unspecified atom stereocenters. The molecule has 0 aliphatic rings. The van der Waals surface area contributed by atoms with Crippen LogP contribution in [0, 0.1) is 17.1 Å². The van der Waals surface area contributed by atoms with Crippen LogP contribution in [0.15, 0.2) is 42.5 Å². The second kappa shape index (κ2) is 4.76. The molecule has 0 spiro atoms. The lowest BCUT2D eigenvalue weighted by molar-refractivity contribution is 0.475. The minimum atomic E-state index is -0.472. The van der Waals surface area contributed by atoms with Gasteiger partial charge in [0.25, 0.3) is 0 Å². The molecule has 2 aromatic carbocycles. The van der Waals surface area contributed by atoms with E-state index in [9.17, 15) is 9.50 Å². The van der Waals surface area contributed by atoms with Gasteiger partial charge in [-0.1, -0.05) is 6.07 Å². The van der Waals surface area contributed by atoms with E-state index >= 15 is 0 Å². The molecule has 0 fully saturated rings. The Morgan fingerprint density at radius 1 is 1.22 bits per heavy atom. The number of rotatable bonds is 2. The van der Waals surface area contributed by atoms with E-state index in [1.54, 1.807) is 36.2 Å². The molecule has 1 N–H and O–H groups in total. The summed E-state index contributed by atoms with van der Waals surface area (Å²) in [5.41, 5.74) is 1.29. The molecule has 18 heavy (non-hydrogen) atoms. The zero-order valence-electron chi connectivity index (χ0n) is 9.76. The first kappa shape index (κ1) is 11.9. The minimum Gasteiger partial charge on any atom is -0.508 e. The van der Waals surface area contributed by atoms with Crippen LogP contribution in [0.3, 0.4) is 0 Å². The summed E-state index contributed by atoms with van der Waals surface area (Å²) in [4.78, 5) is 1.61. The number of phenols is 1. The number of halogens is 1. The summed E-state index contributed by atoms with van der Waals surface area (Å²) in [5.74, 6) is -0.353. The quantitative estimate of drug-likeness (QED) is 0.879. The van der Waals surface area contributed by atoms with Crippen molar-refractivity contribution in [2.75, 3.05) is 11.9 Å². The van der Waals surface area contributed by atoms with Crippen LogP contribution in [0.1, 0.15) is 5.56 Å². The summed E-state index contributed by atoms with van der Waals surface area (Å²) in [5, 5.41) is 18.1. The smallest absolute Gasteiger partial charge is 0.148 e. The maximum Gasteiger partial charge on any atom is 0.148 e. The summed E-state index contributed by atoms with van der Waals surface area (Å²) in [6, 6.07) is 12.7. The van der Waals surface area contributed by atoms with Crippen molar-refractivity contribution in [3.05, 3.63) is 53.8 Å². The molecule has 0 aliphatic carbocycles. The van der Waals surface area contributed by atoms with Gasteiger partial charge in [0.1, 0.15) is 11.6 Å². The lowest BCUT2D eigenvalue weighted by Crippen LogP contribution is -2.11. The SMILES string of the molecule is CN(c1cccc(O)c1)c1ccc(C#N)cc1F. The number of aromatic hydroxyl groups is 1. The number of hydrogen-bond donors (Lipinski definition) is 1. The molecule has 0 amide bonds. The van der Waals surface area contributed by atoms with E-state index in [-0.39, 0.29) is 11.3 Å². The van der Waals surface area contributed by atoms with Crippen molar-refractivity contribution in [2.45, 2.75) is 0 Å². The van der Waals surface area contributed by atoms with E-state index in [2.05, 4.69) is 0 Å². The van der Waals surface area contributed by atoms with Gasteiger partial charge in [0.15, 0.2) is 0 Å². The molecule has 0 aromatic heterocycles. The Hall–Kier alpha value is -2.54. The van der Waals surface area contributed by atoms with Gasteiger partial charge in [0.2, 0.25) is 0 Å². The van der Waals surface area contributed by atoms with Gasteiger partial charge in [0, 0.05) is 18.8 Å². The van der Waals surface area contributed by atoms with Gasteiger partial charge in [0.05, 0.1) is 17.3 Å². The first-order chi connectivity index (χ1) is 8.61. The van der Waals surface area contributed by atoms with E-state index < -0.39 is 5.82 Å². The van der Waals surface area contributed by atoms with Crippen LogP contribution >= 0.6 is 0 Å². The molecule has 2 rings (SSSR count). The molecule has 0 aliphatic heterocycles. The maximum absolute atomic E-state index is 13.8. The Morgan fingerprint density at radius 3 is 2.61 bits per heavy atom. The minimum absolute atomic E-state index is 0.119. The van der Waals surface area contributed by atoms with Crippen LogP contribution in [0.4, 0.5) is 15.8 Å². The van der Waals surface area contributed by atoms with Gasteiger partial charge < -0.3 is 10.0 Å². The topological polar surface area (TPSA) is 47.3 Å². The van der Waals surface area contributed by atoms with Crippen LogP contribution in [-0.2, 0) is 0 Å². The molecule has 0 radical (unpaired) electrons. The van der Waals surface area contributed by atoms with Gasteiger partial charge in [-0.2, -0.15) is 5.26 Å². The first-order valence-corrected chi connectivity index (χ1v) is 5.34. The van der Waals surface area contributed by atoms with Crippen molar-refractivity contribution in [1.29, 1.82) is 5.26 Å². The number of nitrogens with zero attached hydrogens (tertiary/aromatic N) is 2. The van der Waals surface area contributed by atoms with Gasteiger partial charge in [-0.25, -0.2) is 4.39 Å². The van der Waals surface area contributed by atoms with Crippen molar-refractivity contribution >= 4 is 11.4 Å². The molecule has 0 bridgehead atoms. The van der Waals surface area contributed by atoms with Gasteiger partial charge in [-0.05, 0) is 30.3 Å². The summed E-state index contributed by atoms with van der Waals surface area (Å²) in [6.45, 7) is 0. The highest BCUT2D eigenvalue weighted by Crippen LogP contribution is 2.28. The normalized spacial score (nSPS) is 9.83. The van der Waals surface area contributed by atoms with E-state index in [4.69, 9.17) is 5.26 Å². The van der Waals surface area contributed by atoms with Crippen LogP contribution < -0.4 is 4.90 Å². The second-order valence-electron chi connectivity index (χ2n) is 3.86. The van der Waals surface area contributed by atoms with Gasteiger partial charge >= 0.3 is 0 Å². The van der Waals surface area contributed by atoms with E-state index in [1.165, 1.54) is 18.2 Å². The Kier molecular flexibility index (Phi) is 3.16. The molecule has 0 saturated carbocycles. The lowest BCUT2D eigenvalue weighted by atomic mass is 10.2. The zero-order valence-corrected chi connectivity index (χ0v) is 9.76. The van der Waals surface area contributed by atoms with Crippen molar-refractivity contribution < 1.29 is 9.50 Å². The summed E-state index contributed by atoms with van der Waals surface area (Å²) in [7, 11) is 1.69. The summed E-state index contributed by atoms with van der Waals surface area (Å²) in [6.07, 6.45) is 0. The zero-order chi connectivity index (χ0) is 13.1. The lowest BCUT2D eigenvalue weighted by Gasteiger charge is -2.20. The number of nitriles is 1. The molecule has 0 heterocycles. The summed E-state index contributed by atoms with van der Waals surface area (Å²) < 4.78 is 13.8. The largest absolute Gasteiger partial charge is 0.508 e. The molecule has 4 heteroatoms. The second-order valence-corrected chi connectivity index (χ2v) is 3.86. The molecule has 0 saturated heterocycles. The Balaban J connectivity index is 2.40. The van der Waals surface area contributed by atoms with E-state index in [0.29, 0.717) is 11.4 Å². The highest BCUT2D eigenvalue weighted by atomic mass is 19.1. The fraction of sp³-hybridized carbons (Fsp3) is 0.0714. The Labute approximate surface area is 104 Å². The van der Waals surface area contributed by atoms with Crippen LogP contribution in [0.25, 0.3) is 0 Å². The third kappa shape index (κ3) is 2.25. The van der Waals surface area contributed by atoms with Crippen molar-refractivity contribution in [3.63, 3.8) is 0 Å². The Bertz CT molecular complexity index is 619. The van der Waals surface area contributed by atoms with Crippen LogP contribution in [-0.4, -0.2) is 12.2 Å². The van der Waals surface area contributed by atoms with Crippen molar-refractivity contribution in [1.82, 2.24) is 0 Å². The highest BCUT2D eigenvalue weighted by Gasteiger charge is 2.10.